The fraction of sp³-hybridized carbons (Fsp3) is 0.806. The van der Waals surface area contributed by atoms with Crippen LogP contribution in [-0.2, 0) is 21.2 Å². The minimum absolute atomic E-state index is 0.00887. The molecule has 12 atom stereocenters. The molecule has 1 heterocycles. The summed E-state index contributed by atoms with van der Waals surface area (Å²) in [7, 11) is -4.14. The lowest BCUT2D eigenvalue weighted by Crippen LogP contribution is -2.65. The van der Waals surface area contributed by atoms with Crippen molar-refractivity contribution in [2.24, 2.45) is 52.3 Å². The second-order valence-corrected chi connectivity index (χ2v) is 18.2. The normalized spacial score (nSPS) is 42.0. The van der Waals surface area contributed by atoms with Crippen LogP contribution in [0, 0.1) is 52.3 Å². The van der Waals surface area contributed by atoms with Crippen molar-refractivity contribution in [1.29, 1.82) is 0 Å². The van der Waals surface area contributed by atoms with Crippen molar-refractivity contribution in [2.75, 3.05) is 6.61 Å². The highest BCUT2D eigenvalue weighted by molar-refractivity contribution is 7.90. The van der Waals surface area contributed by atoms with Gasteiger partial charge in [-0.2, -0.15) is 0 Å². The number of aliphatic hydroxyl groups excluding tert-OH is 3. The van der Waals surface area contributed by atoms with Gasteiger partial charge in [0.1, 0.15) is 11.4 Å². The molecule has 258 valence electrons. The van der Waals surface area contributed by atoms with E-state index in [1.807, 2.05) is 20.8 Å². The fourth-order valence-electron chi connectivity index (χ4n) is 11.2. The Morgan fingerprint density at radius 1 is 1.04 bits per heavy atom. The third kappa shape index (κ3) is 5.57. The molecule has 1 amide bonds. The second kappa shape index (κ2) is 11.9. The topological polar surface area (TPSA) is 142 Å². The molecule has 9 nitrogen and oxygen atoms in total. The number of aliphatic hydroxyl groups is 3. The molecule has 1 aromatic carbocycles. The van der Waals surface area contributed by atoms with Gasteiger partial charge in [0.05, 0.1) is 29.8 Å². The van der Waals surface area contributed by atoms with Gasteiger partial charge in [-0.1, -0.05) is 34.1 Å². The van der Waals surface area contributed by atoms with Gasteiger partial charge in [-0.3, -0.25) is 0 Å². The van der Waals surface area contributed by atoms with Gasteiger partial charge in [0.2, 0.25) is 0 Å². The Morgan fingerprint density at radius 2 is 1.78 bits per heavy atom. The van der Waals surface area contributed by atoms with Crippen molar-refractivity contribution in [3.05, 3.63) is 23.8 Å². The van der Waals surface area contributed by atoms with Crippen molar-refractivity contribution >= 4 is 16.1 Å². The van der Waals surface area contributed by atoms with Gasteiger partial charge in [0.25, 0.3) is 10.0 Å². The molecule has 1 aliphatic heterocycles. The lowest BCUT2D eigenvalue weighted by atomic mass is 9.41. The molecule has 1 aromatic rings. The van der Waals surface area contributed by atoms with Crippen molar-refractivity contribution in [2.45, 2.75) is 128 Å². The number of carbonyl (C=O) groups excluding carboxylic acids is 1. The van der Waals surface area contributed by atoms with Gasteiger partial charge in [-0.05, 0) is 141 Å². The first kappa shape index (κ1) is 34.0. The molecule has 0 spiro atoms. The molecule has 6 rings (SSSR count). The van der Waals surface area contributed by atoms with Crippen LogP contribution in [0.25, 0.3) is 0 Å². The summed E-state index contributed by atoms with van der Waals surface area (Å²) in [4.78, 5) is 12.8. The third-order valence-electron chi connectivity index (χ3n) is 13.7. The summed E-state index contributed by atoms with van der Waals surface area (Å²) in [5.41, 5.74) is 0.000654. The molecule has 0 saturated heterocycles. The zero-order valence-electron chi connectivity index (χ0n) is 28.4. The van der Waals surface area contributed by atoms with E-state index in [0.29, 0.717) is 18.6 Å². The van der Waals surface area contributed by atoms with E-state index >= 15 is 0 Å². The number of sulfonamides is 1. The molecule has 10 heteroatoms. The Morgan fingerprint density at radius 3 is 2.50 bits per heavy atom. The summed E-state index contributed by atoms with van der Waals surface area (Å²) in [5.74, 6) is 1.37. The smallest absolute Gasteiger partial charge is 0.421 e. The monoisotopic (exact) mass is 661 g/mol. The first-order chi connectivity index (χ1) is 21.5. The molecule has 4 fully saturated rings. The van der Waals surface area contributed by atoms with E-state index in [1.54, 1.807) is 12.1 Å². The molecular weight excluding hydrogens is 606 g/mol. The largest absolute Gasteiger partial charge is 0.488 e. The number of amides is 1. The van der Waals surface area contributed by atoms with E-state index in [0.717, 1.165) is 50.5 Å². The van der Waals surface area contributed by atoms with Crippen molar-refractivity contribution in [1.82, 2.24) is 4.72 Å². The minimum Gasteiger partial charge on any atom is -0.488 e. The predicted octanol–water partition coefficient (Wildman–Crippen LogP) is 5.44. The van der Waals surface area contributed by atoms with Gasteiger partial charge in [0.15, 0.2) is 0 Å². The van der Waals surface area contributed by atoms with E-state index < -0.39 is 33.7 Å². The summed E-state index contributed by atoms with van der Waals surface area (Å²) in [6.45, 7) is 12.7. The fourth-order valence-corrected chi connectivity index (χ4v) is 12.2. The number of aryl methyl sites for hydroxylation is 1. The highest BCUT2D eigenvalue weighted by Crippen LogP contribution is 2.69. The van der Waals surface area contributed by atoms with E-state index in [2.05, 4.69) is 25.5 Å². The number of carbonyl (C=O) groups is 1. The van der Waals surface area contributed by atoms with Gasteiger partial charge >= 0.3 is 6.09 Å². The predicted molar refractivity (Wildman–Crippen MR) is 173 cm³/mol. The van der Waals surface area contributed by atoms with Crippen LogP contribution in [0.2, 0.25) is 0 Å². The third-order valence-corrected chi connectivity index (χ3v) is 15.0. The lowest BCUT2D eigenvalue weighted by Gasteiger charge is -2.65. The van der Waals surface area contributed by atoms with Crippen LogP contribution >= 0.6 is 0 Å². The van der Waals surface area contributed by atoms with Crippen molar-refractivity contribution in [3.63, 3.8) is 0 Å². The average Bonchev–Trinajstić information content (AvgIpc) is 3.35. The van der Waals surface area contributed by atoms with E-state index in [-0.39, 0.29) is 70.0 Å². The van der Waals surface area contributed by atoms with Crippen LogP contribution in [0.1, 0.15) is 98.5 Å². The second-order valence-electron chi connectivity index (χ2n) is 16.5. The maximum absolute atomic E-state index is 13.1. The zero-order valence-corrected chi connectivity index (χ0v) is 29.2. The summed E-state index contributed by atoms with van der Waals surface area (Å²) in [6.07, 6.45) is 4.72. The molecule has 46 heavy (non-hydrogen) atoms. The van der Waals surface area contributed by atoms with Crippen LogP contribution in [0.15, 0.2) is 23.1 Å². The molecule has 0 radical (unpaired) electrons. The van der Waals surface area contributed by atoms with Gasteiger partial charge in [-0.15, -0.1) is 0 Å². The lowest BCUT2D eigenvalue weighted by molar-refractivity contribution is -0.228. The van der Waals surface area contributed by atoms with E-state index in [4.69, 9.17) is 9.47 Å². The summed E-state index contributed by atoms with van der Waals surface area (Å²) in [5, 5.41) is 34.4. The number of hydrogen-bond donors (Lipinski definition) is 4. The first-order valence-electron chi connectivity index (χ1n) is 17.6. The first-order valence-corrected chi connectivity index (χ1v) is 19.1. The van der Waals surface area contributed by atoms with Gasteiger partial charge < -0.3 is 24.8 Å². The SMILES string of the molecule is CC[C@H]1[C@@H](O)[C@@H]2[C@H](C[C@H](O)[C@]3(C)[C@@H]([C@H](C)COC(=O)NS(=O)(=O)c4ccc5c(c4)CCC(C)(C)O5)CC[C@@H]23)[C@@]2(C)CC[C@@H](O)C[C@@H]12. The quantitative estimate of drug-likeness (QED) is 0.316. The highest BCUT2D eigenvalue weighted by atomic mass is 32.2. The summed E-state index contributed by atoms with van der Waals surface area (Å²) in [6, 6.07) is 4.64. The van der Waals surface area contributed by atoms with Crippen LogP contribution in [0.3, 0.4) is 0 Å². The van der Waals surface area contributed by atoms with Gasteiger partial charge in [0, 0.05) is 0 Å². The van der Waals surface area contributed by atoms with E-state index in [9.17, 15) is 28.5 Å². The number of rotatable bonds is 6. The van der Waals surface area contributed by atoms with Crippen molar-refractivity contribution < 1.29 is 38.0 Å². The van der Waals surface area contributed by atoms with Crippen LogP contribution < -0.4 is 9.46 Å². The molecule has 0 aromatic heterocycles. The molecule has 0 bridgehead atoms. The molecule has 4 saturated carbocycles. The molecule has 4 N–H and O–H groups in total. The number of ether oxygens (including phenoxy) is 2. The number of nitrogens with one attached hydrogen (secondary N) is 1. The molecule has 0 unspecified atom stereocenters. The maximum atomic E-state index is 13.1. The Kier molecular flexibility index (Phi) is 8.81. The minimum atomic E-state index is -4.14. The number of benzene rings is 1. The van der Waals surface area contributed by atoms with Crippen LogP contribution in [0.5, 0.6) is 5.75 Å². The summed E-state index contributed by atoms with van der Waals surface area (Å²) < 4.78 is 39.7. The molecular formula is C36H55NO8S. The number of hydrogen-bond acceptors (Lipinski definition) is 8. The highest BCUT2D eigenvalue weighted by Gasteiger charge is 2.67. The number of fused-ring (bicyclic) bond motifs is 6. The Labute approximate surface area is 274 Å². The van der Waals surface area contributed by atoms with E-state index in [1.165, 1.54) is 6.07 Å². The molecule has 4 aliphatic carbocycles. The Hall–Kier alpha value is -1.88. The Bertz CT molecular complexity index is 1430. The molecule has 5 aliphatic rings. The van der Waals surface area contributed by atoms with Crippen molar-refractivity contribution in [3.8, 4) is 5.75 Å². The standard InChI is InChI=1S/C36H55NO8S/c1-7-24-27-17-22(38)13-15-35(27,5)28-18-30(39)36(6)25(9-10-26(36)31(28)32(24)40)20(2)19-44-33(41)37-46(42,43)23-8-11-29-21(16-23)12-14-34(3,4)45-29/h8,11,16,20,22,24-28,30-32,38-40H,7,9-10,12-15,17-19H2,1-6H3,(H,37,41)/t20-,22-,24-,25-,26+,27+,28+,30+,31+,32-,35+,36-/m1/s1. The van der Waals surface area contributed by atoms with Gasteiger partial charge in [-0.25, -0.2) is 17.9 Å². The van der Waals surface area contributed by atoms with Crippen LogP contribution in [-0.4, -0.2) is 60.4 Å². The Balaban J connectivity index is 1.13. The zero-order chi connectivity index (χ0) is 33.4. The summed E-state index contributed by atoms with van der Waals surface area (Å²) >= 11 is 0. The maximum Gasteiger partial charge on any atom is 0.421 e. The van der Waals surface area contributed by atoms with Crippen LogP contribution in [0.4, 0.5) is 4.79 Å². The average molecular weight is 662 g/mol.